The van der Waals surface area contributed by atoms with Crippen molar-refractivity contribution in [2.45, 2.75) is 53.0 Å². The summed E-state index contributed by atoms with van der Waals surface area (Å²) in [5.41, 5.74) is 7.63. The molecule has 1 amide bonds. The van der Waals surface area contributed by atoms with Crippen molar-refractivity contribution in [2.24, 2.45) is 0 Å². The molecule has 0 radical (unpaired) electrons. The normalized spacial score (nSPS) is 12.6. The molecule has 0 saturated carbocycles. The highest BCUT2D eigenvalue weighted by Crippen LogP contribution is 2.36. The summed E-state index contributed by atoms with van der Waals surface area (Å²) in [6, 6.07) is 19.7. The summed E-state index contributed by atoms with van der Waals surface area (Å²) in [5, 5.41) is 4.58. The molecule has 40 heavy (non-hydrogen) atoms. The average Bonchev–Trinajstić information content (AvgIpc) is 3.40. The molecule has 2 heterocycles. The molecule has 1 aliphatic rings. The molecule has 3 aromatic carbocycles. The van der Waals surface area contributed by atoms with Crippen LogP contribution in [0.3, 0.4) is 0 Å². The zero-order valence-electron chi connectivity index (χ0n) is 23.4. The molecule has 0 fully saturated rings. The smallest absolute Gasteiger partial charge is 0.308 e. The van der Waals surface area contributed by atoms with Gasteiger partial charge in [-0.15, -0.1) is 0 Å². The second-order valence-electron chi connectivity index (χ2n) is 10.3. The molecule has 7 heteroatoms. The van der Waals surface area contributed by atoms with Gasteiger partial charge in [0.2, 0.25) is 5.91 Å². The summed E-state index contributed by atoms with van der Waals surface area (Å²) in [4.78, 5) is 26.5. The predicted octanol–water partition coefficient (Wildman–Crippen LogP) is 6.28. The van der Waals surface area contributed by atoms with Crippen LogP contribution >= 0.6 is 0 Å². The molecule has 4 aromatic rings. The van der Waals surface area contributed by atoms with Gasteiger partial charge in [-0.3, -0.25) is 14.3 Å². The summed E-state index contributed by atoms with van der Waals surface area (Å²) in [6.07, 6.45) is 6.85. The Bertz CT molecular complexity index is 1520. The van der Waals surface area contributed by atoms with Crippen molar-refractivity contribution in [1.82, 2.24) is 9.78 Å². The molecule has 0 N–H and O–H groups in total. The monoisotopic (exact) mass is 537 g/mol. The Morgan fingerprint density at radius 1 is 1.02 bits per heavy atom. The van der Waals surface area contributed by atoms with Gasteiger partial charge in [0.05, 0.1) is 19.3 Å². The number of esters is 1. The van der Waals surface area contributed by atoms with Crippen molar-refractivity contribution in [2.75, 3.05) is 18.1 Å². The lowest BCUT2D eigenvalue weighted by Gasteiger charge is -2.31. The van der Waals surface area contributed by atoms with Gasteiger partial charge in [0.1, 0.15) is 11.5 Å². The number of benzene rings is 3. The first kappa shape index (κ1) is 27.2. The maximum absolute atomic E-state index is 13.3. The minimum absolute atomic E-state index is 0.131. The summed E-state index contributed by atoms with van der Waals surface area (Å²) in [6.45, 7) is 7.32. The number of aryl methyl sites for hydroxylation is 1. The number of anilines is 1. The number of amides is 1. The lowest BCUT2D eigenvalue weighted by molar-refractivity contribution is -0.131. The highest BCUT2D eigenvalue weighted by atomic mass is 16.5. The van der Waals surface area contributed by atoms with Crippen LogP contribution in [0, 0.1) is 13.8 Å². The fourth-order valence-corrected chi connectivity index (χ4v) is 5.22. The largest absolute Gasteiger partial charge is 0.493 e. The van der Waals surface area contributed by atoms with E-state index in [1.54, 1.807) is 6.07 Å². The average molecular weight is 538 g/mol. The zero-order chi connectivity index (χ0) is 28.1. The third-order valence-corrected chi connectivity index (χ3v) is 7.35. The number of nitrogens with zero attached hydrogens (tertiary/aromatic N) is 3. The van der Waals surface area contributed by atoms with Crippen LogP contribution in [0.25, 0.3) is 11.1 Å². The van der Waals surface area contributed by atoms with E-state index in [1.165, 1.54) is 18.1 Å². The topological polar surface area (TPSA) is 73.7 Å². The standard InChI is InChI=1S/C33H35N3O4/c1-23-9-4-15-32(24(23)2)39-18-8-16-33(38)36-17-7-13-30-29(12-6-14-31(30)36)27-20-34-35(22-27)21-26-10-5-11-28(19-26)40-25(3)37/h4-6,9-12,14-15,19-20,22H,7-8,13,16-18,21H2,1-3H3. The molecule has 0 bridgehead atoms. The van der Waals surface area contributed by atoms with Gasteiger partial charge in [0.25, 0.3) is 0 Å². The lowest BCUT2D eigenvalue weighted by atomic mass is 9.93. The van der Waals surface area contributed by atoms with Crippen molar-refractivity contribution >= 4 is 17.6 Å². The number of rotatable bonds is 9. The van der Waals surface area contributed by atoms with Crippen LogP contribution in [0.1, 0.15) is 48.4 Å². The number of carbonyl (C=O) groups is 2. The molecule has 206 valence electrons. The van der Waals surface area contributed by atoms with Crippen molar-refractivity contribution in [3.63, 3.8) is 0 Å². The van der Waals surface area contributed by atoms with Gasteiger partial charge in [-0.05, 0) is 85.2 Å². The number of ether oxygens (including phenoxy) is 2. The Labute approximate surface area is 235 Å². The van der Waals surface area contributed by atoms with E-state index in [4.69, 9.17) is 9.47 Å². The first-order chi connectivity index (χ1) is 19.4. The number of hydrogen-bond donors (Lipinski definition) is 0. The molecule has 7 nitrogen and oxygen atoms in total. The Morgan fingerprint density at radius 3 is 2.70 bits per heavy atom. The van der Waals surface area contributed by atoms with Crippen LogP contribution in [0.15, 0.2) is 73.1 Å². The van der Waals surface area contributed by atoms with Gasteiger partial charge in [0.15, 0.2) is 0 Å². The number of fused-ring (bicyclic) bond motifs is 1. The van der Waals surface area contributed by atoms with Crippen molar-refractivity contribution < 1.29 is 19.1 Å². The molecule has 1 aromatic heterocycles. The van der Waals surface area contributed by atoms with E-state index in [0.717, 1.165) is 53.1 Å². The molecule has 0 aliphatic carbocycles. The van der Waals surface area contributed by atoms with E-state index >= 15 is 0 Å². The predicted molar refractivity (Wildman–Crippen MR) is 156 cm³/mol. The molecule has 1 aliphatic heterocycles. The molecular formula is C33H35N3O4. The lowest BCUT2D eigenvalue weighted by Crippen LogP contribution is -2.35. The molecular weight excluding hydrogens is 502 g/mol. The molecule has 5 rings (SSSR count). The Balaban J connectivity index is 1.25. The number of carbonyl (C=O) groups excluding carboxylic acids is 2. The van der Waals surface area contributed by atoms with Gasteiger partial charge in [-0.1, -0.05) is 36.4 Å². The summed E-state index contributed by atoms with van der Waals surface area (Å²) >= 11 is 0. The number of aromatic nitrogens is 2. The van der Waals surface area contributed by atoms with Gasteiger partial charge < -0.3 is 14.4 Å². The van der Waals surface area contributed by atoms with Crippen LogP contribution < -0.4 is 14.4 Å². The van der Waals surface area contributed by atoms with E-state index in [0.29, 0.717) is 31.7 Å². The quantitative estimate of drug-likeness (QED) is 0.143. The second-order valence-corrected chi connectivity index (χ2v) is 10.3. The molecule has 0 spiro atoms. The minimum Gasteiger partial charge on any atom is -0.493 e. The second kappa shape index (κ2) is 12.2. The molecule has 0 unspecified atom stereocenters. The van der Waals surface area contributed by atoms with Crippen LogP contribution in [-0.2, 0) is 22.6 Å². The van der Waals surface area contributed by atoms with Crippen molar-refractivity contribution in [1.29, 1.82) is 0 Å². The van der Waals surface area contributed by atoms with Gasteiger partial charge in [-0.2, -0.15) is 5.10 Å². The van der Waals surface area contributed by atoms with Gasteiger partial charge in [-0.25, -0.2) is 0 Å². The third kappa shape index (κ3) is 6.25. The molecule has 0 saturated heterocycles. The molecule has 0 atom stereocenters. The minimum atomic E-state index is -0.342. The summed E-state index contributed by atoms with van der Waals surface area (Å²) in [7, 11) is 0. The summed E-state index contributed by atoms with van der Waals surface area (Å²) < 4.78 is 13.1. The van der Waals surface area contributed by atoms with Crippen LogP contribution in [0.5, 0.6) is 11.5 Å². The van der Waals surface area contributed by atoms with E-state index in [9.17, 15) is 9.59 Å². The Morgan fingerprint density at radius 2 is 1.85 bits per heavy atom. The van der Waals surface area contributed by atoms with E-state index in [1.807, 2.05) is 64.4 Å². The first-order valence-corrected chi connectivity index (χ1v) is 13.8. The Kier molecular flexibility index (Phi) is 8.29. The van der Waals surface area contributed by atoms with Gasteiger partial charge in [0, 0.05) is 37.3 Å². The van der Waals surface area contributed by atoms with E-state index < -0.39 is 0 Å². The highest BCUT2D eigenvalue weighted by molar-refractivity contribution is 5.96. The van der Waals surface area contributed by atoms with Gasteiger partial charge >= 0.3 is 5.97 Å². The van der Waals surface area contributed by atoms with Crippen LogP contribution in [-0.4, -0.2) is 34.8 Å². The Hall–Kier alpha value is -4.39. The maximum atomic E-state index is 13.3. The number of hydrogen-bond acceptors (Lipinski definition) is 5. The van der Waals surface area contributed by atoms with Crippen molar-refractivity contribution in [3.05, 3.63) is 95.3 Å². The summed E-state index contributed by atoms with van der Waals surface area (Å²) in [5.74, 6) is 1.20. The first-order valence-electron chi connectivity index (χ1n) is 13.8. The SMILES string of the molecule is CC(=O)Oc1cccc(Cn2cc(-c3cccc4c3CCCN4C(=O)CCCOc3cccc(C)c3C)cn2)c1. The van der Waals surface area contributed by atoms with Crippen molar-refractivity contribution in [3.8, 4) is 22.6 Å². The zero-order valence-corrected chi connectivity index (χ0v) is 23.4. The van der Waals surface area contributed by atoms with Crippen LogP contribution in [0.4, 0.5) is 5.69 Å². The fourth-order valence-electron chi connectivity index (χ4n) is 5.22. The van der Waals surface area contributed by atoms with E-state index in [-0.39, 0.29) is 11.9 Å². The third-order valence-electron chi connectivity index (χ3n) is 7.35. The highest BCUT2D eigenvalue weighted by Gasteiger charge is 2.24. The maximum Gasteiger partial charge on any atom is 0.308 e. The van der Waals surface area contributed by atoms with Crippen LogP contribution in [0.2, 0.25) is 0 Å². The van der Waals surface area contributed by atoms with E-state index in [2.05, 4.69) is 31.1 Å². The fraction of sp³-hybridized carbons (Fsp3) is 0.303.